The van der Waals surface area contributed by atoms with E-state index in [2.05, 4.69) is 5.32 Å². The summed E-state index contributed by atoms with van der Waals surface area (Å²) < 4.78 is 17.2. The van der Waals surface area contributed by atoms with Crippen LogP contribution in [-0.2, 0) is 11.2 Å². The van der Waals surface area contributed by atoms with E-state index in [9.17, 15) is 4.79 Å². The van der Waals surface area contributed by atoms with E-state index in [-0.39, 0.29) is 12.4 Å². The summed E-state index contributed by atoms with van der Waals surface area (Å²) in [5.41, 5.74) is 3.83. The first-order valence-electron chi connectivity index (χ1n) is 9.40. The largest absolute Gasteiger partial charge is 0.490 e. The maximum Gasteiger partial charge on any atom is 0.195 e. The molecule has 0 aromatic heterocycles. The van der Waals surface area contributed by atoms with E-state index in [0.717, 1.165) is 53.3 Å². The topological polar surface area (TPSA) is 56.8 Å². The molecule has 0 spiro atoms. The number of aryl methyl sites for hydroxylation is 1. The summed E-state index contributed by atoms with van der Waals surface area (Å²) in [5, 5.41) is 3.99. The predicted molar refractivity (Wildman–Crippen MR) is 108 cm³/mol. The van der Waals surface area contributed by atoms with Crippen molar-refractivity contribution in [1.82, 2.24) is 5.32 Å². The standard InChI is InChI=1S/C22H22ClNO4/c1-14-9-17(3-4-19(14)23)28-13-16(25)11-20-18-12-22-21(26-7-2-8-27-22)10-15(18)5-6-24-20/h3-4,9-12,24H,2,5-8,13H2,1H3. The summed E-state index contributed by atoms with van der Waals surface area (Å²) in [6, 6.07) is 9.34. The molecule has 4 rings (SSSR count). The van der Waals surface area contributed by atoms with Crippen LogP contribution in [-0.4, -0.2) is 32.1 Å². The fourth-order valence-electron chi connectivity index (χ4n) is 3.33. The van der Waals surface area contributed by atoms with Gasteiger partial charge >= 0.3 is 0 Å². The van der Waals surface area contributed by atoms with Crippen LogP contribution in [0.3, 0.4) is 0 Å². The molecule has 2 aliphatic rings. The Bertz CT molecular complexity index is 938. The Hall–Kier alpha value is -2.66. The zero-order chi connectivity index (χ0) is 19.5. The molecule has 1 N–H and O–H groups in total. The summed E-state index contributed by atoms with van der Waals surface area (Å²) in [6.07, 6.45) is 3.34. The SMILES string of the molecule is Cc1cc(OCC(=O)C=C2NCCc3cc4c(cc32)OCCCO4)ccc1Cl. The molecule has 6 heteroatoms. The van der Waals surface area contributed by atoms with Crippen molar-refractivity contribution < 1.29 is 19.0 Å². The number of hydrogen-bond donors (Lipinski definition) is 1. The molecule has 28 heavy (non-hydrogen) atoms. The Balaban J connectivity index is 1.51. The van der Waals surface area contributed by atoms with Gasteiger partial charge in [0, 0.05) is 35.3 Å². The smallest absolute Gasteiger partial charge is 0.195 e. The number of hydrogen-bond acceptors (Lipinski definition) is 5. The van der Waals surface area contributed by atoms with E-state index in [1.807, 2.05) is 25.1 Å². The van der Waals surface area contributed by atoms with Crippen molar-refractivity contribution in [3.05, 3.63) is 58.1 Å². The molecule has 0 saturated carbocycles. The molecule has 2 heterocycles. The van der Waals surface area contributed by atoms with E-state index in [1.54, 1.807) is 18.2 Å². The van der Waals surface area contributed by atoms with Crippen LogP contribution < -0.4 is 19.5 Å². The molecule has 2 aromatic carbocycles. The molecule has 2 aliphatic heterocycles. The zero-order valence-corrected chi connectivity index (χ0v) is 16.5. The summed E-state index contributed by atoms with van der Waals surface area (Å²) in [6.45, 7) is 3.92. The van der Waals surface area contributed by atoms with Crippen molar-refractivity contribution >= 4 is 23.1 Å². The maximum absolute atomic E-state index is 12.5. The molecule has 0 bridgehead atoms. The number of carbonyl (C=O) groups is 1. The summed E-state index contributed by atoms with van der Waals surface area (Å²) in [7, 11) is 0. The van der Waals surface area contributed by atoms with Crippen molar-refractivity contribution in [3.8, 4) is 17.2 Å². The van der Waals surface area contributed by atoms with E-state index in [4.69, 9.17) is 25.8 Å². The molecule has 2 aromatic rings. The lowest BCUT2D eigenvalue weighted by molar-refractivity contribution is -0.116. The minimum atomic E-state index is -0.116. The molecular formula is C22H22ClNO4. The molecule has 146 valence electrons. The number of fused-ring (bicyclic) bond motifs is 2. The van der Waals surface area contributed by atoms with Crippen LogP contribution in [0.4, 0.5) is 0 Å². The van der Waals surface area contributed by atoms with E-state index in [0.29, 0.717) is 24.0 Å². The Kier molecular flexibility index (Phi) is 5.44. The minimum absolute atomic E-state index is 0.0356. The van der Waals surface area contributed by atoms with Gasteiger partial charge in [-0.05, 0) is 54.8 Å². The number of nitrogens with one attached hydrogen (secondary N) is 1. The third-order valence-electron chi connectivity index (χ3n) is 4.79. The highest BCUT2D eigenvalue weighted by Gasteiger charge is 2.20. The third-order valence-corrected chi connectivity index (χ3v) is 5.21. The normalized spacial score (nSPS) is 16.7. The molecule has 0 atom stereocenters. The molecule has 5 nitrogen and oxygen atoms in total. The number of carbonyl (C=O) groups excluding carboxylic acids is 1. The summed E-state index contributed by atoms with van der Waals surface area (Å²) in [4.78, 5) is 12.5. The van der Waals surface area contributed by atoms with Gasteiger partial charge in [0.25, 0.3) is 0 Å². The van der Waals surface area contributed by atoms with Crippen LogP contribution in [0.15, 0.2) is 36.4 Å². The van der Waals surface area contributed by atoms with Crippen LogP contribution in [0.5, 0.6) is 17.2 Å². The first kappa shape index (κ1) is 18.7. The van der Waals surface area contributed by atoms with Crippen molar-refractivity contribution in [1.29, 1.82) is 0 Å². The number of ketones is 1. The maximum atomic E-state index is 12.5. The zero-order valence-electron chi connectivity index (χ0n) is 15.7. The third kappa shape index (κ3) is 4.09. The number of ether oxygens (including phenoxy) is 3. The summed E-state index contributed by atoms with van der Waals surface area (Å²) >= 11 is 6.02. The lowest BCUT2D eigenvalue weighted by Gasteiger charge is -2.23. The lowest BCUT2D eigenvalue weighted by Crippen LogP contribution is -2.24. The van der Waals surface area contributed by atoms with Gasteiger partial charge in [0.05, 0.1) is 13.2 Å². The Labute approximate surface area is 169 Å². The van der Waals surface area contributed by atoms with Gasteiger partial charge in [0.1, 0.15) is 5.75 Å². The Morgan fingerprint density at radius 1 is 1.21 bits per heavy atom. The Morgan fingerprint density at radius 2 is 2.00 bits per heavy atom. The van der Waals surface area contributed by atoms with Gasteiger partial charge in [-0.15, -0.1) is 0 Å². The molecule has 0 amide bonds. The fraction of sp³-hybridized carbons (Fsp3) is 0.318. The molecule has 0 unspecified atom stereocenters. The van der Waals surface area contributed by atoms with Crippen LogP contribution >= 0.6 is 11.6 Å². The first-order chi connectivity index (χ1) is 13.6. The van der Waals surface area contributed by atoms with Gasteiger partial charge in [-0.2, -0.15) is 0 Å². The van der Waals surface area contributed by atoms with Crippen molar-refractivity contribution in [3.63, 3.8) is 0 Å². The van der Waals surface area contributed by atoms with Gasteiger partial charge in [0.2, 0.25) is 0 Å². The van der Waals surface area contributed by atoms with Crippen LogP contribution in [0.1, 0.15) is 23.1 Å². The lowest BCUT2D eigenvalue weighted by atomic mass is 9.96. The fourth-order valence-corrected chi connectivity index (χ4v) is 3.45. The molecule has 0 fully saturated rings. The van der Waals surface area contributed by atoms with Gasteiger partial charge in [-0.25, -0.2) is 0 Å². The number of rotatable bonds is 4. The highest BCUT2D eigenvalue weighted by Crippen LogP contribution is 2.36. The van der Waals surface area contributed by atoms with Gasteiger partial charge in [0.15, 0.2) is 23.9 Å². The van der Waals surface area contributed by atoms with Crippen molar-refractivity contribution in [2.75, 3.05) is 26.4 Å². The van der Waals surface area contributed by atoms with E-state index < -0.39 is 0 Å². The van der Waals surface area contributed by atoms with Gasteiger partial charge in [-0.3, -0.25) is 4.79 Å². The Morgan fingerprint density at radius 3 is 2.79 bits per heavy atom. The second-order valence-electron chi connectivity index (χ2n) is 6.91. The van der Waals surface area contributed by atoms with Crippen LogP contribution in [0, 0.1) is 6.92 Å². The number of halogens is 1. The van der Waals surface area contributed by atoms with E-state index in [1.165, 1.54) is 0 Å². The van der Waals surface area contributed by atoms with Crippen LogP contribution in [0.25, 0.3) is 5.70 Å². The minimum Gasteiger partial charge on any atom is -0.490 e. The molecule has 0 saturated heterocycles. The predicted octanol–water partition coefficient (Wildman–Crippen LogP) is 3.94. The molecular weight excluding hydrogens is 378 g/mol. The second kappa shape index (κ2) is 8.15. The van der Waals surface area contributed by atoms with Gasteiger partial charge in [-0.1, -0.05) is 11.6 Å². The monoisotopic (exact) mass is 399 g/mol. The van der Waals surface area contributed by atoms with Crippen molar-refractivity contribution in [2.24, 2.45) is 0 Å². The van der Waals surface area contributed by atoms with E-state index >= 15 is 0 Å². The summed E-state index contributed by atoms with van der Waals surface area (Å²) in [5.74, 6) is 2.02. The highest BCUT2D eigenvalue weighted by molar-refractivity contribution is 6.31. The quantitative estimate of drug-likeness (QED) is 0.789. The number of benzene rings is 2. The van der Waals surface area contributed by atoms with Crippen LogP contribution in [0.2, 0.25) is 5.02 Å². The first-order valence-corrected chi connectivity index (χ1v) is 9.78. The molecule has 0 aliphatic carbocycles. The second-order valence-corrected chi connectivity index (χ2v) is 7.31. The molecule has 0 radical (unpaired) electrons. The van der Waals surface area contributed by atoms with Crippen molar-refractivity contribution in [2.45, 2.75) is 19.8 Å². The highest BCUT2D eigenvalue weighted by atomic mass is 35.5. The average molecular weight is 400 g/mol. The average Bonchev–Trinajstić information content (AvgIpc) is 2.92. The van der Waals surface area contributed by atoms with Gasteiger partial charge < -0.3 is 19.5 Å².